The third-order valence-corrected chi connectivity index (χ3v) is 5.32. The molecule has 0 unspecified atom stereocenters. The van der Waals surface area contributed by atoms with Crippen molar-refractivity contribution in [3.8, 4) is 5.75 Å². The summed E-state index contributed by atoms with van der Waals surface area (Å²) in [6.45, 7) is 1.40. The van der Waals surface area contributed by atoms with Crippen molar-refractivity contribution in [1.29, 1.82) is 0 Å². The highest BCUT2D eigenvalue weighted by Gasteiger charge is 2.36. The average molecular weight is 490 g/mol. The Bertz CT molecular complexity index is 1030. The van der Waals surface area contributed by atoms with E-state index in [1.807, 2.05) is 0 Å². The Balaban J connectivity index is 1.67. The molecule has 0 aliphatic carbocycles. The maximum atomic E-state index is 12.4. The maximum absolute atomic E-state index is 12.4. The van der Waals surface area contributed by atoms with Crippen molar-refractivity contribution < 1.29 is 28.7 Å². The summed E-state index contributed by atoms with van der Waals surface area (Å²) < 4.78 is 10.9. The summed E-state index contributed by atoms with van der Waals surface area (Å²) in [5, 5.41) is -0.529. The fourth-order valence-corrected chi connectivity index (χ4v) is 3.77. The molecule has 3 rings (SSSR count). The van der Waals surface area contributed by atoms with Crippen LogP contribution >= 0.6 is 27.7 Å². The number of rotatable bonds is 6. The van der Waals surface area contributed by atoms with Gasteiger partial charge in [-0.25, -0.2) is 4.79 Å². The van der Waals surface area contributed by atoms with Gasteiger partial charge in [-0.15, -0.1) is 0 Å². The third kappa shape index (κ3) is 5.37. The molecule has 1 saturated heterocycles. The van der Waals surface area contributed by atoms with Crippen LogP contribution in [0.5, 0.6) is 5.75 Å². The second kappa shape index (κ2) is 9.73. The van der Waals surface area contributed by atoms with Gasteiger partial charge in [0.25, 0.3) is 11.1 Å². The number of hydrogen-bond donors (Lipinski definition) is 0. The Morgan fingerprint density at radius 1 is 1.13 bits per heavy atom. The Morgan fingerprint density at radius 3 is 2.53 bits per heavy atom. The van der Waals surface area contributed by atoms with Gasteiger partial charge in [0.05, 0.1) is 17.1 Å². The molecule has 0 bridgehead atoms. The number of nitrogens with zero attached hydrogens (tertiary/aromatic N) is 1. The summed E-state index contributed by atoms with van der Waals surface area (Å²) in [6.07, 6.45) is 1.54. The first-order chi connectivity index (χ1) is 14.4. The molecule has 1 fully saturated rings. The number of imide groups is 1. The molecule has 0 saturated carbocycles. The molecule has 0 atom stereocenters. The van der Waals surface area contributed by atoms with Crippen LogP contribution in [-0.4, -0.2) is 41.1 Å². The van der Waals surface area contributed by atoms with Crippen LogP contribution in [-0.2, 0) is 14.3 Å². The lowest BCUT2D eigenvalue weighted by molar-refractivity contribution is -0.145. The smallest absolute Gasteiger partial charge is 0.343 e. The van der Waals surface area contributed by atoms with Gasteiger partial charge >= 0.3 is 11.9 Å². The van der Waals surface area contributed by atoms with Gasteiger partial charge in [0.15, 0.2) is 0 Å². The van der Waals surface area contributed by atoms with Crippen LogP contribution < -0.4 is 4.74 Å². The Kier molecular flexibility index (Phi) is 7.07. The summed E-state index contributed by atoms with van der Waals surface area (Å²) in [4.78, 5) is 49.2. The van der Waals surface area contributed by atoms with E-state index in [1.54, 1.807) is 55.5 Å². The molecule has 0 aromatic heterocycles. The molecule has 154 valence electrons. The molecule has 0 N–H and O–H groups in total. The zero-order valence-electron chi connectivity index (χ0n) is 15.8. The SMILES string of the molecule is CCOC(=O)CN1C(=O)S/C(=C\c2ccc(OC(=O)c3cccc(Br)c3)cc2)C1=O. The molecule has 0 radical (unpaired) electrons. The minimum Gasteiger partial charge on any atom is -0.465 e. The first-order valence-electron chi connectivity index (χ1n) is 8.86. The number of thioether (sulfide) groups is 1. The molecule has 2 amide bonds. The van der Waals surface area contributed by atoms with Crippen molar-refractivity contribution in [3.05, 3.63) is 69.0 Å². The molecule has 0 spiro atoms. The highest BCUT2D eigenvalue weighted by atomic mass is 79.9. The monoisotopic (exact) mass is 489 g/mol. The second-order valence-corrected chi connectivity index (χ2v) is 7.95. The minimum atomic E-state index is -0.641. The van der Waals surface area contributed by atoms with Gasteiger partial charge in [0.2, 0.25) is 0 Å². The quantitative estimate of drug-likeness (QED) is 0.340. The molecule has 2 aromatic carbocycles. The van der Waals surface area contributed by atoms with Gasteiger partial charge in [0.1, 0.15) is 12.3 Å². The van der Waals surface area contributed by atoms with Crippen LogP contribution in [0, 0.1) is 0 Å². The molecule has 2 aromatic rings. The van der Waals surface area contributed by atoms with Crippen LogP contribution in [0.25, 0.3) is 6.08 Å². The van der Waals surface area contributed by atoms with Crippen molar-refractivity contribution in [2.75, 3.05) is 13.2 Å². The summed E-state index contributed by atoms with van der Waals surface area (Å²) in [7, 11) is 0. The molecule has 30 heavy (non-hydrogen) atoms. The van der Waals surface area contributed by atoms with E-state index in [0.717, 1.165) is 21.1 Å². The van der Waals surface area contributed by atoms with Crippen molar-refractivity contribution in [3.63, 3.8) is 0 Å². The van der Waals surface area contributed by atoms with Gasteiger partial charge in [-0.1, -0.05) is 34.1 Å². The number of ether oxygens (including phenoxy) is 2. The minimum absolute atomic E-state index is 0.170. The largest absolute Gasteiger partial charge is 0.465 e. The predicted molar refractivity (Wildman–Crippen MR) is 115 cm³/mol. The normalized spacial score (nSPS) is 14.9. The Hall–Kier alpha value is -2.91. The summed E-state index contributed by atoms with van der Waals surface area (Å²) in [6, 6.07) is 13.3. The first-order valence-corrected chi connectivity index (χ1v) is 10.5. The van der Waals surface area contributed by atoms with Crippen LogP contribution in [0.15, 0.2) is 57.9 Å². The molecule has 1 aliphatic heterocycles. The molecule has 1 aliphatic rings. The van der Waals surface area contributed by atoms with Gasteiger partial charge in [-0.05, 0) is 60.7 Å². The number of halogens is 1. The lowest BCUT2D eigenvalue weighted by Crippen LogP contribution is -2.34. The molecular formula is C21H16BrNO6S. The van der Waals surface area contributed by atoms with Crippen molar-refractivity contribution in [2.24, 2.45) is 0 Å². The summed E-state index contributed by atoms with van der Waals surface area (Å²) in [5.74, 6) is -1.35. The molecule has 9 heteroatoms. The lowest BCUT2D eigenvalue weighted by Gasteiger charge is -2.10. The van der Waals surface area contributed by atoms with E-state index >= 15 is 0 Å². The van der Waals surface area contributed by atoms with Crippen molar-refractivity contribution in [2.45, 2.75) is 6.92 Å². The molecular weight excluding hydrogens is 474 g/mol. The van der Waals surface area contributed by atoms with E-state index in [0.29, 0.717) is 16.9 Å². The van der Waals surface area contributed by atoms with Crippen molar-refractivity contribution >= 4 is 56.9 Å². The van der Waals surface area contributed by atoms with Crippen LogP contribution in [0.2, 0.25) is 0 Å². The average Bonchev–Trinajstić information content (AvgIpc) is 2.97. The van der Waals surface area contributed by atoms with E-state index in [1.165, 1.54) is 6.08 Å². The zero-order chi connectivity index (χ0) is 21.7. The number of hydrogen-bond acceptors (Lipinski definition) is 7. The van der Waals surface area contributed by atoms with Crippen LogP contribution in [0.4, 0.5) is 4.79 Å². The van der Waals surface area contributed by atoms with Gasteiger partial charge in [-0.2, -0.15) is 0 Å². The fourth-order valence-electron chi connectivity index (χ4n) is 2.54. The van der Waals surface area contributed by atoms with Crippen LogP contribution in [0.3, 0.4) is 0 Å². The highest BCUT2D eigenvalue weighted by molar-refractivity contribution is 9.10. The van der Waals surface area contributed by atoms with E-state index in [-0.39, 0.29) is 11.5 Å². The third-order valence-electron chi connectivity index (χ3n) is 3.91. The summed E-state index contributed by atoms with van der Waals surface area (Å²) in [5.41, 5.74) is 1.04. The maximum Gasteiger partial charge on any atom is 0.343 e. The zero-order valence-corrected chi connectivity index (χ0v) is 18.2. The standard InChI is InChI=1S/C21H16BrNO6S/c1-2-28-18(24)12-23-19(25)17(30-21(23)27)10-13-6-8-16(9-7-13)29-20(26)14-4-3-5-15(22)11-14/h3-11H,2,12H2,1H3/b17-10-. The lowest BCUT2D eigenvalue weighted by atomic mass is 10.2. The highest BCUT2D eigenvalue weighted by Crippen LogP contribution is 2.32. The number of carbonyl (C=O) groups excluding carboxylic acids is 4. The molecule has 1 heterocycles. The number of amides is 2. The van der Waals surface area contributed by atoms with Gasteiger partial charge in [-0.3, -0.25) is 19.3 Å². The molecule has 7 nitrogen and oxygen atoms in total. The van der Waals surface area contributed by atoms with E-state index in [4.69, 9.17) is 9.47 Å². The number of benzene rings is 2. The fraction of sp³-hybridized carbons (Fsp3) is 0.143. The number of carbonyl (C=O) groups is 4. The van der Waals surface area contributed by atoms with Crippen LogP contribution in [0.1, 0.15) is 22.8 Å². The van der Waals surface area contributed by atoms with E-state index < -0.39 is 29.6 Å². The Morgan fingerprint density at radius 2 is 1.87 bits per heavy atom. The van der Waals surface area contributed by atoms with Gasteiger partial charge < -0.3 is 9.47 Å². The Labute approximate surface area is 185 Å². The topological polar surface area (TPSA) is 90.0 Å². The van der Waals surface area contributed by atoms with Gasteiger partial charge in [0, 0.05) is 4.47 Å². The van der Waals surface area contributed by atoms with E-state index in [9.17, 15) is 19.2 Å². The van der Waals surface area contributed by atoms with Crippen molar-refractivity contribution in [1.82, 2.24) is 4.90 Å². The van der Waals surface area contributed by atoms with E-state index in [2.05, 4.69) is 15.9 Å². The predicted octanol–water partition coefficient (Wildman–Crippen LogP) is 4.27. The second-order valence-electron chi connectivity index (χ2n) is 6.04. The first kappa shape index (κ1) is 21.8. The number of esters is 2. The summed E-state index contributed by atoms with van der Waals surface area (Å²) >= 11 is 4.06.